The van der Waals surface area contributed by atoms with Crippen LogP contribution < -0.4 is 5.48 Å². The highest BCUT2D eigenvalue weighted by molar-refractivity contribution is 5.92. The molecule has 0 aliphatic carbocycles. The summed E-state index contributed by atoms with van der Waals surface area (Å²) >= 11 is 0. The second-order valence-corrected chi connectivity index (χ2v) is 4.29. The van der Waals surface area contributed by atoms with Gasteiger partial charge in [-0.25, -0.2) is 4.79 Å². The minimum absolute atomic E-state index is 0.198. The van der Waals surface area contributed by atoms with E-state index >= 15 is 0 Å². The van der Waals surface area contributed by atoms with Gasteiger partial charge in [0.15, 0.2) is 0 Å². The fourth-order valence-corrected chi connectivity index (χ4v) is 0.795. The van der Waals surface area contributed by atoms with Crippen molar-refractivity contribution in [1.82, 2.24) is 10.5 Å². The summed E-state index contributed by atoms with van der Waals surface area (Å²) in [4.78, 5) is 31.2. The number of carbonyl (C=O) groups is 2. The first-order chi connectivity index (χ1) is 7.41. The van der Waals surface area contributed by atoms with E-state index in [-0.39, 0.29) is 5.69 Å². The second kappa shape index (κ2) is 4.74. The summed E-state index contributed by atoms with van der Waals surface area (Å²) in [5.74, 6) is -1.05. The fourth-order valence-electron chi connectivity index (χ4n) is 0.795. The molecule has 16 heavy (non-hydrogen) atoms. The van der Waals surface area contributed by atoms with Gasteiger partial charge in [-0.3, -0.25) is 9.78 Å². The number of amides is 1. The Morgan fingerprint density at radius 2 is 2.00 bits per heavy atom. The SMILES string of the molecule is CC(C)(C)C(=O)ONC(=O)c1ccccn1. The molecule has 1 aromatic heterocycles. The van der Waals surface area contributed by atoms with Gasteiger partial charge in [0, 0.05) is 6.20 Å². The maximum atomic E-state index is 11.4. The predicted octanol–water partition coefficient (Wildman–Crippen LogP) is 1.32. The first kappa shape index (κ1) is 12.2. The Bertz CT molecular complexity index is 382. The molecular formula is C11H14N2O3. The Labute approximate surface area is 93.8 Å². The molecule has 0 bridgehead atoms. The molecule has 0 saturated carbocycles. The molecule has 5 heteroatoms. The van der Waals surface area contributed by atoms with Crippen LogP contribution in [0.25, 0.3) is 0 Å². The molecule has 86 valence electrons. The van der Waals surface area contributed by atoms with Crippen LogP contribution in [0, 0.1) is 5.41 Å². The van der Waals surface area contributed by atoms with E-state index in [0.717, 1.165) is 0 Å². The third kappa shape index (κ3) is 3.34. The Morgan fingerprint density at radius 3 is 2.50 bits per heavy atom. The molecule has 1 N–H and O–H groups in total. The number of carbonyl (C=O) groups excluding carboxylic acids is 2. The third-order valence-corrected chi connectivity index (χ3v) is 1.75. The van der Waals surface area contributed by atoms with E-state index in [2.05, 4.69) is 15.3 Å². The molecule has 0 aromatic carbocycles. The lowest BCUT2D eigenvalue weighted by Gasteiger charge is -2.15. The van der Waals surface area contributed by atoms with Crippen LogP contribution >= 0.6 is 0 Å². The van der Waals surface area contributed by atoms with E-state index in [4.69, 9.17) is 0 Å². The van der Waals surface area contributed by atoms with Crippen molar-refractivity contribution in [3.63, 3.8) is 0 Å². The molecule has 0 radical (unpaired) electrons. The number of hydrogen-bond donors (Lipinski definition) is 1. The van der Waals surface area contributed by atoms with Crippen molar-refractivity contribution in [2.75, 3.05) is 0 Å². The number of hydrogen-bond acceptors (Lipinski definition) is 4. The molecule has 0 aliphatic rings. The summed E-state index contributed by atoms with van der Waals surface area (Å²) in [5, 5.41) is 0. The Kier molecular flexibility index (Phi) is 3.60. The van der Waals surface area contributed by atoms with Crippen LogP contribution in [0.2, 0.25) is 0 Å². The van der Waals surface area contributed by atoms with Crippen LogP contribution in [0.4, 0.5) is 0 Å². The Morgan fingerprint density at radius 1 is 1.31 bits per heavy atom. The monoisotopic (exact) mass is 222 g/mol. The van der Waals surface area contributed by atoms with Gasteiger partial charge in [-0.1, -0.05) is 6.07 Å². The van der Waals surface area contributed by atoms with Gasteiger partial charge in [-0.2, -0.15) is 5.48 Å². The highest BCUT2D eigenvalue weighted by Crippen LogP contribution is 2.14. The summed E-state index contributed by atoms with van der Waals surface area (Å²) in [6.07, 6.45) is 1.49. The molecule has 1 aromatic rings. The van der Waals surface area contributed by atoms with E-state index in [1.807, 2.05) is 0 Å². The molecule has 5 nitrogen and oxygen atoms in total. The zero-order chi connectivity index (χ0) is 12.2. The predicted molar refractivity (Wildman–Crippen MR) is 57.3 cm³/mol. The number of rotatable bonds is 1. The van der Waals surface area contributed by atoms with E-state index < -0.39 is 17.3 Å². The molecule has 0 atom stereocenters. The fraction of sp³-hybridized carbons (Fsp3) is 0.364. The Balaban J connectivity index is 2.52. The molecule has 0 aliphatic heterocycles. The van der Waals surface area contributed by atoms with Crippen LogP contribution in [-0.2, 0) is 9.63 Å². The Hall–Kier alpha value is -1.91. The van der Waals surface area contributed by atoms with Gasteiger partial charge in [0.25, 0.3) is 0 Å². The first-order valence-electron chi connectivity index (χ1n) is 4.84. The van der Waals surface area contributed by atoms with E-state index in [9.17, 15) is 9.59 Å². The number of pyridine rings is 1. The molecule has 1 amide bonds. The average Bonchev–Trinajstić information content (AvgIpc) is 2.25. The topological polar surface area (TPSA) is 68.3 Å². The summed E-state index contributed by atoms with van der Waals surface area (Å²) in [6.45, 7) is 5.09. The largest absolute Gasteiger partial charge is 0.340 e. The van der Waals surface area contributed by atoms with Crippen molar-refractivity contribution in [1.29, 1.82) is 0 Å². The molecule has 0 unspecified atom stereocenters. The zero-order valence-electron chi connectivity index (χ0n) is 9.48. The lowest BCUT2D eigenvalue weighted by atomic mass is 9.98. The number of nitrogens with zero attached hydrogens (tertiary/aromatic N) is 1. The lowest BCUT2D eigenvalue weighted by Crippen LogP contribution is -2.33. The highest BCUT2D eigenvalue weighted by atomic mass is 16.7. The molecule has 0 saturated heterocycles. The third-order valence-electron chi connectivity index (χ3n) is 1.75. The maximum absolute atomic E-state index is 11.4. The van der Waals surface area contributed by atoms with Crippen molar-refractivity contribution in [3.8, 4) is 0 Å². The van der Waals surface area contributed by atoms with E-state index in [0.29, 0.717) is 0 Å². The molecule has 0 fully saturated rings. The normalized spacial score (nSPS) is 10.7. The van der Waals surface area contributed by atoms with Crippen LogP contribution in [0.15, 0.2) is 24.4 Å². The van der Waals surface area contributed by atoms with Gasteiger partial charge >= 0.3 is 11.9 Å². The number of aromatic nitrogens is 1. The smallest absolute Gasteiger partial charge is 0.337 e. The number of nitrogens with one attached hydrogen (secondary N) is 1. The van der Waals surface area contributed by atoms with Gasteiger partial charge in [0.2, 0.25) is 0 Å². The molecule has 1 rings (SSSR count). The second-order valence-electron chi connectivity index (χ2n) is 4.29. The van der Waals surface area contributed by atoms with Crippen LogP contribution in [0.3, 0.4) is 0 Å². The van der Waals surface area contributed by atoms with Crippen LogP contribution in [0.1, 0.15) is 31.3 Å². The minimum atomic E-state index is -0.655. The standard InChI is InChI=1S/C11H14N2O3/c1-11(2,3)10(15)16-13-9(14)8-6-4-5-7-12-8/h4-7H,1-3H3,(H,13,14). The zero-order valence-corrected chi connectivity index (χ0v) is 9.48. The van der Waals surface area contributed by atoms with Gasteiger partial charge < -0.3 is 4.84 Å². The molecular weight excluding hydrogens is 208 g/mol. The van der Waals surface area contributed by atoms with Gasteiger partial charge in [-0.15, -0.1) is 0 Å². The van der Waals surface area contributed by atoms with E-state index in [1.54, 1.807) is 32.9 Å². The minimum Gasteiger partial charge on any atom is -0.340 e. The van der Waals surface area contributed by atoms with Crippen molar-refractivity contribution in [3.05, 3.63) is 30.1 Å². The van der Waals surface area contributed by atoms with Gasteiger partial charge in [-0.05, 0) is 32.9 Å². The van der Waals surface area contributed by atoms with Gasteiger partial charge in [0.1, 0.15) is 5.69 Å². The quantitative estimate of drug-likeness (QED) is 0.727. The average molecular weight is 222 g/mol. The van der Waals surface area contributed by atoms with Crippen molar-refractivity contribution >= 4 is 11.9 Å². The van der Waals surface area contributed by atoms with Crippen molar-refractivity contribution < 1.29 is 14.4 Å². The van der Waals surface area contributed by atoms with Crippen LogP contribution in [0.5, 0.6) is 0 Å². The molecule has 0 spiro atoms. The van der Waals surface area contributed by atoms with Crippen molar-refractivity contribution in [2.24, 2.45) is 5.41 Å². The summed E-state index contributed by atoms with van der Waals surface area (Å²) in [5.41, 5.74) is 1.60. The van der Waals surface area contributed by atoms with E-state index in [1.165, 1.54) is 12.3 Å². The highest BCUT2D eigenvalue weighted by Gasteiger charge is 2.24. The summed E-state index contributed by atoms with van der Waals surface area (Å²) in [6, 6.07) is 4.89. The number of hydroxylamine groups is 1. The summed E-state index contributed by atoms with van der Waals surface area (Å²) in [7, 11) is 0. The van der Waals surface area contributed by atoms with Crippen molar-refractivity contribution in [2.45, 2.75) is 20.8 Å². The first-order valence-corrected chi connectivity index (χ1v) is 4.84. The van der Waals surface area contributed by atoms with Gasteiger partial charge in [0.05, 0.1) is 5.41 Å². The summed E-state index contributed by atoms with van der Waals surface area (Å²) < 4.78 is 0. The molecule has 1 heterocycles. The van der Waals surface area contributed by atoms with Crippen LogP contribution in [-0.4, -0.2) is 16.9 Å². The maximum Gasteiger partial charge on any atom is 0.337 e. The lowest BCUT2D eigenvalue weighted by molar-refractivity contribution is -0.158.